The summed E-state index contributed by atoms with van der Waals surface area (Å²) in [4.78, 5) is 13.1. The molecule has 71 heavy (non-hydrogen) atoms. The molecular weight excluding hydrogens is 887 g/mol. The van der Waals surface area contributed by atoms with Gasteiger partial charge in [-0.25, -0.2) is 0 Å². The summed E-state index contributed by atoms with van der Waals surface area (Å²) >= 11 is 0. The summed E-state index contributed by atoms with van der Waals surface area (Å²) < 4.78 is 11.3. The number of hydrogen-bond donors (Lipinski definition) is 6. The fourth-order valence-corrected chi connectivity index (χ4v) is 9.39. The van der Waals surface area contributed by atoms with Crippen LogP contribution in [0.15, 0.2) is 60.8 Å². The van der Waals surface area contributed by atoms with E-state index in [9.17, 15) is 30.3 Å². The molecule has 1 fully saturated rings. The van der Waals surface area contributed by atoms with Crippen LogP contribution in [0.5, 0.6) is 0 Å². The number of aliphatic hydroxyl groups excluding tert-OH is 5. The summed E-state index contributed by atoms with van der Waals surface area (Å²) in [6.45, 7) is 3.69. The zero-order valence-corrected chi connectivity index (χ0v) is 46.0. The maximum atomic E-state index is 13.1. The van der Waals surface area contributed by atoms with Crippen molar-refractivity contribution in [3.05, 3.63) is 60.8 Å². The normalized spacial score (nSPS) is 19.7. The number of amides is 1. The van der Waals surface area contributed by atoms with Crippen LogP contribution >= 0.6 is 0 Å². The summed E-state index contributed by atoms with van der Waals surface area (Å²) in [5.74, 6) is -0.178. The summed E-state index contributed by atoms with van der Waals surface area (Å²) in [7, 11) is 0. The van der Waals surface area contributed by atoms with Gasteiger partial charge in [0.05, 0.1) is 25.4 Å². The van der Waals surface area contributed by atoms with Crippen LogP contribution in [0.25, 0.3) is 0 Å². The Bertz CT molecular complexity index is 1300. The van der Waals surface area contributed by atoms with Crippen molar-refractivity contribution < 1.29 is 39.8 Å². The molecule has 0 spiro atoms. The van der Waals surface area contributed by atoms with Crippen molar-refractivity contribution in [3.63, 3.8) is 0 Å². The van der Waals surface area contributed by atoms with Gasteiger partial charge in [0, 0.05) is 6.42 Å². The maximum absolute atomic E-state index is 13.1. The Morgan fingerprint density at radius 1 is 0.493 bits per heavy atom. The standard InChI is InChI=1S/C62H113NO8/c1-3-5-7-9-11-13-15-17-19-21-23-25-27-28-30-32-34-36-38-40-42-44-46-48-50-52-58(66)63-55(54-70-62-61(69)60(68)59(67)57(53-64)71-62)56(65)51-49-47-45-43-41-39-37-35-33-31-29-26-24-22-20-18-16-14-12-10-8-6-4-2/h5,7,11,13,17,19,23,25,49,51,55-57,59-62,64-65,67-69H,3-4,6,8-10,12,14-16,18,20-22,24,26-48,50,52-54H2,1-2H3,(H,63,66)/b7-5-,13-11-,19-17-,25-23-,51-49+. The number of ether oxygens (including phenoxy) is 2. The van der Waals surface area contributed by atoms with Crippen LogP contribution in [0.2, 0.25) is 0 Å². The fraction of sp³-hybridized carbons (Fsp3) is 0.823. The first-order chi connectivity index (χ1) is 34.8. The number of rotatable bonds is 51. The third-order valence-corrected chi connectivity index (χ3v) is 14.1. The van der Waals surface area contributed by atoms with E-state index >= 15 is 0 Å². The molecule has 0 bridgehead atoms. The van der Waals surface area contributed by atoms with Crippen LogP contribution in [0.1, 0.15) is 271 Å². The lowest BCUT2D eigenvalue weighted by Gasteiger charge is -2.40. The average Bonchev–Trinajstić information content (AvgIpc) is 3.37. The summed E-state index contributed by atoms with van der Waals surface area (Å²) in [5.41, 5.74) is 0. The summed E-state index contributed by atoms with van der Waals surface area (Å²) in [6.07, 6.45) is 62.8. The second-order valence-corrected chi connectivity index (χ2v) is 20.8. The Morgan fingerprint density at radius 3 is 1.30 bits per heavy atom. The van der Waals surface area contributed by atoms with Gasteiger partial charge in [0.15, 0.2) is 6.29 Å². The second kappa shape index (κ2) is 51.4. The van der Waals surface area contributed by atoms with Crippen molar-refractivity contribution in [2.24, 2.45) is 0 Å². The van der Waals surface area contributed by atoms with Gasteiger partial charge in [-0.1, -0.05) is 267 Å². The molecule has 0 aromatic carbocycles. The van der Waals surface area contributed by atoms with Gasteiger partial charge in [-0.15, -0.1) is 0 Å². The smallest absolute Gasteiger partial charge is 0.220 e. The number of unbranched alkanes of at least 4 members (excludes halogenated alkanes) is 33. The Labute approximate surface area is 436 Å². The van der Waals surface area contributed by atoms with Crippen molar-refractivity contribution in [2.45, 2.75) is 314 Å². The number of aliphatic hydroxyl groups is 5. The fourth-order valence-electron chi connectivity index (χ4n) is 9.39. The molecule has 1 saturated heterocycles. The van der Waals surface area contributed by atoms with Gasteiger partial charge in [0.25, 0.3) is 0 Å². The van der Waals surface area contributed by atoms with E-state index in [0.717, 1.165) is 64.2 Å². The molecule has 0 aromatic rings. The zero-order chi connectivity index (χ0) is 51.5. The first-order valence-corrected chi connectivity index (χ1v) is 30.0. The topological polar surface area (TPSA) is 149 Å². The molecule has 6 N–H and O–H groups in total. The Kier molecular flexibility index (Phi) is 48.4. The minimum atomic E-state index is -1.57. The highest BCUT2D eigenvalue weighted by Gasteiger charge is 2.44. The molecule has 7 unspecified atom stereocenters. The second-order valence-electron chi connectivity index (χ2n) is 20.8. The van der Waals surface area contributed by atoms with E-state index < -0.39 is 49.5 Å². The van der Waals surface area contributed by atoms with Crippen molar-refractivity contribution >= 4 is 5.91 Å². The summed E-state index contributed by atoms with van der Waals surface area (Å²) in [5, 5.41) is 54.6. The van der Waals surface area contributed by atoms with Gasteiger partial charge in [0.2, 0.25) is 5.91 Å². The molecule has 9 heteroatoms. The van der Waals surface area contributed by atoms with Crippen LogP contribution < -0.4 is 5.32 Å². The lowest BCUT2D eigenvalue weighted by Crippen LogP contribution is -2.60. The Balaban J connectivity index is 2.21. The molecule has 9 nitrogen and oxygen atoms in total. The van der Waals surface area contributed by atoms with Gasteiger partial charge in [-0.05, 0) is 57.8 Å². The molecule has 0 aliphatic carbocycles. The predicted octanol–water partition coefficient (Wildman–Crippen LogP) is 15.1. The van der Waals surface area contributed by atoms with Crippen molar-refractivity contribution in [1.82, 2.24) is 5.32 Å². The maximum Gasteiger partial charge on any atom is 0.220 e. The predicted molar refractivity (Wildman–Crippen MR) is 299 cm³/mol. The van der Waals surface area contributed by atoms with E-state index in [2.05, 4.69) is 67.8 Å². The molecule has 0 radical (unpaired) electrons. The number of carbonyl (C=O) groups excluding carboxylic acids is 1. The lowest BCUT2D eigenvalue weighted by molar-refractivity contribution is -0.302. The first-order valence-electron chi connectivity index (χ1n) is 30.0. The van der Waals surface area contributed by atoms with Crippen LogP contribution in [0, 0.1) is 0 Å². The van der Waals surface area contributed by atoms with E-state index in [4.69, 9.17) is 9.47 Å². The molecule has 0 saturated carbocycles. The van der Waals surface area contributed by atoms with Crippen molar-refractivity contribution in [2.75, 3.05) is 13.2 Å². The molecular formula is C62H113NO8. The average molecular weight is 1000 g/mol. The van der Waals surface area contributed by atoms with Crippen LogP contribution in [0.4, 0.5) is 0 Å². The van der Waals surface area contributed by atoms with Crippen LogP contribution in [-0.4, -0.2) is 87.5 Å². The lowest BCUT2D eigenvalue weighted by atomic mass is 9.99. The van der Waals surface area contributed by atoms with E-state index in [1.165, 1.54) is 186 Å². The number of hydrogen-bond acceptors (Lipinski definition) is 8. The van der Waals surface area contributed by atoms with Gasteiger partial charge >= 0.3 is 0 Å². The van der Waals surface area contributed by atoms with Gasteiger partial charge in [-0.2, -0.15) is 0 Å². The zero-order valence-electron chi connectivity index (χ0n) is 46.0. The van der Waals surface area contributed by atoms with Gasteiger partial charge < -0.3 is 40.3 Å². The quantitative estimate of drug-likeness (QED) is 0.0261. The van der Waals surface area contributed by atoms with E-state index in [1.54, 1.807) is 6.08 Å². The molecule has 1 heterocycles. The highest BCUT2D eigenvalue weighted by molar-refractivity contribution is 5.76. The van der Waals surface area contributed by atoms with Crippen LogP contribution in [0.3, 0.4) is 0 Å². The summed E-state index contributed by atoms with van der Waals surface area (Å²) in [6, 6.07) is -0.809. The minimum absolute atomic E-state index is 0.178. The van der Waals surface area contributed by atoms with Crippen molar-refractivity contribution in [3.8, 4) is 0 Å². The third kappa shape index (κ3) is 40.9. The monoisotopic (exact) mass is 1000 g/mol. The minimum Gasteiger partial charge on any atom is -0.394 e. The molecule has 1 aliphatic rings. The highest BCUT2D eigenvalue weighted by atomic mass is 16.7. The van der Waals surface area contributed by atoms with E-state index in [1.807, 2.05) is 6.08 Å². The Morgan fingerprint density at radius 2 is 0.873 bits per heavy atom. The molecule has 1 aliphatic heterocycles. The molecule has 1 amide bonds. The van der Waals surface area contributed by atoms with E-state index in [0.29, 0.717) is 6.42 Å². The highest BCUT2D eigenvalue weighted by Crippen LogP contribution is 2.23. The third-order valence-electron chi connectivity index (χ3n) is 14.1. The molecule has 414 valence electrons. The van der Waals surface area contributed by atoms with Gasteiger partial charge in [0.1, 0.15) is 24.4 Å². The first kappa shape index (κ1) is 66.9. The van der Waals surface area contributed by atoms with Crippen LogP contribution in [-0.2, 0) is 14.3 Å². The molecule has 7 atom stereocenters. The molecule has 1 rings (SSSR count). The van der Waals surface area contributed by atoms with Gasteiger partial charge in [-0.3, -0.25) is 4.79 Å². The number of nitrogens with one attached hydrogen (secondary N) is 1. The molecule has 0 aromatic heterocycles. The number of carbonyl (C=O) groups is 1. The van der Waals surface area contributed by atoms with Crippen molar-refractivity contribution in [1.29, 1.82) is 0 Å². The number of allylic oxidation sites excluding steroid dienone is 9. The largest absolute Gasteiger partial charge is 0.394 e. The SMILES string of the molecule is CC/C=C\C/C=C\C/C=C\C/C=C\CCCCCCCCCCCCCCC(=O)NC(COC1OC(CO)C(O)C(O)C1O)C(O)/C=C/CCCCCCCCCCCCCCCCCCCCCCC. The Hall–Kier alpha value is -2.11. The van der Waals surface area contributed by atoms with E-state index in [-0.39, 0.29) is 12.5 Å².